The summed E-state index contributed by atoms with van der Waals surface area (Å²) in [7, 11) is 1.60. The van der Waals surface area contributed by atoms with Crippen LogP contribution >= 0.6 is 11.8 Å². The average molecular weight is 503 g/mol. The molecule has 5 rings (SSSR count). The molecule has 3 aromatic carbocycles. The molecule has 0 bridgehead atoms. The van der Waals surface area contributed by atoms with Crippen LogP contribution in [-0.4, -0.2) is 40.1 Å². The number of carbonyl (C=O) groups excluding carboxylic acids is 2. The maximum Gasteiger partial charge on any atom is 0.262 e. The molecule has 0 aliphatic carbocycles. The molecule has 0 radical (unpaired) electrons. The largest absolute Gasteiger partial charge is 0.497 e. The Morgan fingerprint density at radius 2 is 1.81 bits per heavy atom. The first-order chi connectivity index (χ1) is 17.5. The van der Waals surface area contributed by atoms with Gasteiger partial charge in [0, 0.05) is 24.1 Å². The van der Waals surface area contributed by atoms with Crippen molar-refractivity contribution in [2.75, 3.05) is 12.4 Å². The van der Waals surface area contributed by atoms with E-state index in [-0.39, 0.29) is 18.1 Å². The Labute approximate surface area is 212 Å². The summed E-state index contributed by atoms with van der Waals surface area (Å²) in [5.74, 6) is -0.318. The van der Waals surface area contributed by atoms with E-state index in [1.807, 2.05) is 42.5 Å². The summed E-state index contributed by atoms with van der Waals surface area (Å²) in [6, 6.07) is 22.6. The van der Waals surface area contributed by atoms with Crippen LogP contribution in [0.5, 0.6) is 5.75 Å². The lowest BCUT2D eigenvalue weighted by Crippen LogP contribution is -2.25. The third-order valence-electron chi connectivity index (χ3n) is 5.95. The minimum atomic E-state index is -0.676. The SMILES string of the molecule is COc1ccc(C2=NN(C3=NC(=O)[C@H](CC(=O)Nc4ccccc4)S3)[C@H](c3ccccc3F)C2)cc1. The van der Waals surface area contributed by atoms with Gasteiger partial charge in [0.2, 0.25) is 5.91 Å². The van der Waals surface area contributed by atoms with Gasteiger partial charge < -0.3 is 10.1 Å². The van der Waals surface area contributed by atoms with Crippen molar-refractivity contribution in [1.29, 1.82) is 0 Å². The summed E-state index contributed by atoms with van der Waals surface area (Å²) in [5.41, 5.74) is 2.73. The van der Waals surface area contributed by atoms with Crippen LogP contribution in [0.1, 0.15) is 30.0 Å². The van der Waals surface area contributed by atoms with Gasteiger partial charge >= 0.3 is 0 Å². The van der Waals surface area contributed by atoms with Crippen molar-refractivity contribution in [3.8, 4) is 5.75 Å². The van der Waals surface area contributed by atoms with Crippen molar-refractivity contribution < 1.29 is 18.7 Å². The Morgan fingerprint density at radius 3 is 2.53 bits per heavy atom. The first-order valence-corrected chi connectivity index (χ1v) is 12.3. The third kappa shape index (κ3) is 5.01. The minimum absolute atomic E-state index is 0.0291. The second-order valence-electron chi connectivity index (χ2n) is 8.32. The molecule has 0 aromatic heterocycles. The number of carbonyl (C=O) groups is 2. The third-order valence-corrected chi connectivity index (χ3v) is 7.09. The standard InChI is InChI=1S/C27H23FN4O3S/c1-35-19-13-11-17(12-14-19)22-15-23(20-9-5-6-10-21(20)28)32(31-22)27-30-26(34)24(36-27)16-25(33)29-18-7-3-2-4-8-18/h2-14,23-24H,15-16H2,1H3,(H,29,33)/t23-,24-/m0/s1. The van der Waals surface area contributed by atoms with Gasteiger partial charge in [-0.15, -0.1) is 0 Å². The molecular formula is C27H23FN4O3S. The molecule has 2 aliphatic rings. The summed E-state index contributed by atoms with van der Waals surface area (Å²) in [6.07, 6.45) is 0.402. The molecule has 2 amide bonds. The Bertz CT molecular complexity index is 1340. The summed E-state index contributed by atoms with van der Waals surface area (Å²) >= 11 is 1.18. The molecule has 0 saturated heterocycles. The molecule has 3 aromatic rings. The molecule has 36 heavy (non-hydrogen) atoms. The topological polar surface area (TPSA) is 83.4 Å². The molecule has 1 N–H and O–H groups in total. The van der Waals surface area contributed by atoms with Gasteiger partial charge in [-0.1, -0.05) is 48.2 Å². The Kier molecular flexibility index (Phi) is 6.81. The maximum atomic E-state index is 14.8. The number of para-hydroxylation sites is 1. The molecule has 7 nitrogen and oxygen atoms in total. The van der Waals surface area contributed by atoms with Crippen LogP contribution in [0.2, 0.25) is 0 Å². The molecule has 2 atom stereocenters. The lowest BCUT2D eigenvalue weighted by atomic mass is 9.98. The van der Waals surface area contributed by atoms with Gasteiger partial charge in [-0.25, -0.2) is 9.40 Å². The highest BCUT2D eigenvalue weighted by Gasteiger charge is 2.39. The number of hydrogen-bond acceptors (Lipinski definition) is 6. The predicted octanol–water partition coefficient (Wildman–Crippen LogP) is 5.01. The molecular weight excluding hydrogens is 479 g/mol. The van der Waals surface area contributed by atoms with E-state index in [9.17, 15) is 14.0 Å². The number of halogens is 1. The lowest BCUT2D eigenvalue weighted by Gasteiger charge is -2.23. The number of hydrogen-bond donors (Lipinski definition) is 1. The summed E-state index contributed by atoms with van der Waals surface area (Å²) < 4.78 is 20.0. The van der Waals surface area contributed by atoms with Crippen LogP contribution in [0, 0.1) is 5.82 Å². The van der Waals surface area contributed by atoms with Gasteiger partial charge in [0.15, 0.2) is 5.17 Å². The van der Waals surface area contributed by atoms with Gasteiger partial charge in [0.25, 0.3) is 5.91 Å². The van der Waals surface area contributed by atoms with Gasteiger partial charge in [-0.3, -0.25) is 9.59 Å². The zero-order valence-electron chi connectivity index (χ0n) is 19.4. The first-order valence-electron chi connectivity index (χ1n) is 11.4. The molecule has 2 aliphatic heterocycles. The number of benzene rings is 3. The molecule has 9 heteroatoms. The molecule has 182 valence electrons. The summed E-state index contributed by atoms with van der Waals surface area (Å²) in [5, 5.41) is 8.83. The van der Waals surface area contributed by atoms with E-state index in [0.717, 1.165) is 17.0 Å². The number of amides is 2. The van der Waals surface area contributed by atoms with Crippen LogP contribution < -0.4 is 10.1 Å². The van der Waals surface area contributed by atoms with E-state index >= 15 is 0 Å². The number of ether oxygens (including phenoxy) is 1. The van der Waals surface area contributed by atoms with Gasteiger partial charge in [0.1, 0.15) is 16.8 Å². The normalized spacial score (nSPS) is 19.2. The quantitative estimate of drug-likeness (QED) is 0.512. The molecule has 0 fully saturated rings. The van der Waals surface area contributed by atoms with Crippen LogP contribution in [0.4, 0.5) is 10.1 Å². The van der Waals surface area contributed by atoms with Crippen molar-refractivity contribution >= 4 is 40.1 Å². The van der Waals surface area contributed by atoms with Crippen LogP contribution in [0.25, 0.3) is 0 Å². The number of methoxy groups -OCH3 is 1. The van der Waals surface area contributed by atoms with E-state index in [4.69, 9.17) is 9.84 Å². The second kappa shape index (κ2) is 10.3. The highest BCUT2D eigenvalue weighted by Crippen LogP contribution is 2.39. The first kappa shape index (κ1) is 23.7. The van der Waals surface area contributed by atoms with Crippen molar-refractivity contribution in [2.24, 2.45) is 10.1 Å². The van der Waals surface area contributed by atoms with Crippen LogP contribution in [0.3, 0.4) is 0 Å². The Morgan fingerprint density at radius 1 is 1.08 bits per heavy atom. The van der Waals surface area contributed by atoms with Gasteiger partial charge in [-0.2, -0.15) is 10.1 Å². The van der Waals surface area contributed by atoms with Crippen molar-refractivity contribution in [2.45, 2.75) is 24.1 Å². The van der Waals surface area contributed by atoms with E-state index in [0.29, 0.717) is 22.8 Å². The lowest BCUT2D eigenvalue weighted by molar-refractivity contribution is -0.121. The van der Waals surface area contributed by atoms with E-state index < -0.39 is 17.2 Å². The molecule has 0 spiro atoms. The van der Waals surface area contributed by atoms with Crippen molar-refractivity contribution in [1.82, 2.24) is 5.01 Å². The Balaban J connectivity index is 1.37. The fraction of sp³-hybridized carbons (Fsp3) is 0.185. The van der Waals surface area contributed by atoms with Crippen molar-refractivity contribution in [3.05, 3.63) is 95.8 Å². The smallest absolute Gasteiger partial charge is 0.262 e. The number of rotatable bonds is 6. The number of thioether (sulfide) groups is 1. The maximum absolute atomic E-state index is 14.8. The monoisotopic (exact) mass is 502 g/mol. The Hall–Kier alpha value is -3.98. The van der Waals surface area contributed by atoms with Gasteiger partial charge in [-0.05, 0) is 48.0 Å². The second-order valence-corrected chi connectivity index (χ2v) is 9.49. The summed E-state index contributed by atoms with van der Waals surface area (Å²) in [6.45, 7) is 0. The van der Waals surface area contributed by atoms with Crippen LogP contribution in [-0.2, 0) is 9.59 Å². The number of anilines is 1. The highest BCUT2D eigenvalue weighted by molar-refractivity contribution is 8.15. The number of nitrogens with zero attached hydrogens (tertiary/aromatic N) is 3. The van der Waals surface area contributed by atoms with Crippen molar-refractivity contribution in [3.63, 3.8) is 0 Å². The zero-order valence-corrected chi connectivity index (χ0v) is 20.2. The van der Waals surface area contributed by atoms with E-state index in [2.05, 4.69) is 10.3 Å². The van der Waals surface area contributed by atoms with Gasteiger partial charge in [0.05, 0.1) is 18.9 Å². The fourth-order valence-corrected chi connectivity index (χ4v) is 5.20. The predicted molar refractivity (Wildman–Crippen MR) is 139 cm³/mol. The number of nitrogens with one attached hydrogen (secondary N) is 1. The fourth-order valence-electron chi connectivity index (χ4n) is 4.14. The number of aliphatic imine (C=N–C) groups is 1. The molecule has 2 heterocycles. The minimum Gasteiger partial charge on any atom is -0.497 e. The average Bonchev–Trinajstić information content (AvgIpc) is 3.49. The molecule has 0 saturated carbocycles. The van der Waals surface area contributed by atoms with E-state index in [1.165, 1.54) is 17.8 Å². The number of amidine groups is 1. The van der Waals surface area contributed by atoms with E-state index in [1.54, 1.807) is 42.5 Å². The number of hydrazone groups is 1. The van der Waals surface area contributed by atoms with Crippen LogP contribution in [0.15, 0.2) is 89.0 Å². The highest BCUT2D eigenvalue weighted by atomic mass is 32.2. The summed E-state index contributed by atoms with van der Waals surface area (Å²) in [4.78, 5) is 29.5. The zero-order chi connectivity index (χ0) is 25.1. The molecule has 0 unspecified atom stereocenters.